The van der Waals surface area contributed by atoms with E-state index >= 15 is 0 Å². The Kier molecular flexibility index (Phi) is 4.33. The van der Waals surface area contributed by atoms with E-state index in [1.165, 1.54) is 16.9 Å². The van der Waals surface area contributed by atoms with Crippen LogP contribution in [0.4, 0.5) is 11.4 Å². The molecule has 1 aliphatic heterocycles. The van der Waals surface area contributed by atoms with Crippen LogP contribution in [0.15, 0.2) is 42.5 Å². The Morgan fingerprint density at radius 2 is 1.88 bits per heavy atom. The summed E-state index contributed by atoms with van der Waals surface area (Å²) in [4.78, 5) is 14.9. The van der Waals surface area contributed by atoms with Crippen LogP contribution in [0.2, 0.25) is 0 Å². The Balaban J connectivity index is 1.95. The van der Waals surface area contributed by atoms with Gasteiger partial charge in [-0.2, -0.15) is 0 Å². The summed E-state index contributed by atoms with van der Waals surface area (Å²) in [5, 5.41) is 0. The van der Waals surface area contributed by atoms with Gasteiger partial charge in [-0.25, -0.2) is 8.42 Å². The molecule has 0 fully saturated rings. The molecule has 0 aromatic heterocycles. The van der Waals surface area contributed by atoms with Crippen LogP contribution in [0.25, 0.3) is 0 Å². The molecule has 5 nitrogen and oxygen atoms in total. The van der Waals surface area contributed by atoms with Gasteiger partial charge in [-0.1, -0.05) is 18.2 Å². The molecule has 0 radical (unpaired) electrons. The Labute approximate surface area is 148 Å². The second-order valence-electron chi connectivity index (χ2n) is 6.59. The lowest BCUT2D eigenvalue weighted by atomic mass is 10.1. The first-order valence-corrected chi connectivity index (χ1v) is 10.0. The van der Waals surface area contributed by atoms with E-state index in [0.717, 1.165) is 23.9 Å². The van der Waals surface area contributed by atoms with Gasteiger partial charge in [-0.05, 0) is 55.7 Å². The number of hydrogen-bond donors (Lipinski definition) is 0. The molecule has 0 N–H and O–H groups in total. The first-order valence-electron chi connectivity index (χ1n) is 8.16. The molecule has 2 aromatic carbocycles. The van der Waals surface area contributed by atoms with Crippen molar-refractivity contribution < 1.29 is 13.2 Å². The van der Waals surface area contributed by atoms with E-state index < -0.39 is 10.0 Å². The molecule has 1 amide bonds. The van der Waals surface area contributed by atoms with Crippen LogP contribution in [0.1, 0.15) is 28.4 Å². The van der Waals surface area contributed by atoms with Crippen molar-refractivity contribution >= 4 is 27.3 Å². The van der Waals surface area contributed by atoms with Crippen molar-refractivity contribution in [2.24, 2.45) is 0 Å². The maximum absolute atomic E-state index is 13.0. The number of hydrogen-bond acceptors (Lipinski definition) is 3. The van der Waals surface area contributed by atoms with Crippen LogP contribution in [0.5, 0.6) is 0 Å². The van der Waals surface area contributed by atoms with Crippen molar-refractivity contribution in [3.8, 4) is 0 Å². The number of carbonyl (C=O) groups excluding carboxylic acids is 1. The minimum atomic E-state index is -3.34. The van der Waals surface area contributed by atoms with E-state index in [9.17, 15) is 13.2 Å². The van der Waals surface area contributed by atoms with Gasteiger partial charge in [-0.3, -0.25) is 9.10 Å². The molecule has 0 bridgehead atoms. The molecule has 3 rings (SSSR count). The fourth-order valence-corrected chi connectivity index (χ4v) is 3.90. The Bertz CT molecular complexity index is 937. The summed E-state index contributed by atoms with van der Waals surface area (Å²) in [5.74, 6) is -0.0610. The van der Waals surface area contributed by atoms with Crippen molar-refractivity contribution in [2.75, 3.05) is 22.5 Å². The third kappa shape index (κ3) is 3.14. The van der Waals surface area contributed by atoms with Gasteiger partial charge in [0.25, 0.3) is 5.91 Å². The number of rotatable bonds is 3. The number of benzene rings is 2. The Hall–Kier alpha value is -2.34. The molecule has 0 unspecified atom stereocenters. The summed E-state index contributed by atoms with van der Waals surface area (Å²) in [6.07, 6.45) is 2.00. The van der Waals surface area contributed by atoms with Gasteiger partial charge in [0.05, 0.1) is 11.9 Å². The minimum absolute atomic E-state index is 0.0610. The van der Waals surface area contributed by atoms with E-state index in [1.54, 1.807) is 18.2 Å². The number of para-hydroxylation sites is 1. The van der Waals surface area contributed by atoms with Crippen LogP contribution in [0, 0.1) is 6.92 Å². The number of fused-ring (bicyclic) bond motifs is 1. The van der Waals surface area contributed by atoms with Crippen LogP contribution in [-0.2, 0) is 16.4 Å². The molecule has 6 heteroatoms. The van der Waals surface area contributed by atoms with E-state index in [0.29, 0.717) is 11.3 Å². The normalized spacial score (nSPS) is 16.6. The minimum Gasteiger partial charge on any atom is -0.305 e. The third-order valence-electron chi connectivity index (χ3n) is 4.71. The van der Waals surface area contributed by atoms with Gasteiger partial charge in [0.1, 0.15) is 0 Å². The fraction of sp³-hybridized carbons (Fsp3) is 0.316. The van der Waals surface area contributed by atoms with Crippen molar-refractivity contribution in [3.63, 3.8) is 0 Å². The second kappa shape index (κ2) is 6.19. The smallest absolute Gasteiger partial charge is 0.258 e. The molecule has 1 heterocycles. The number of anilines is 2. The molecule has 0 saturated carbocycles. The second-order valence-corrected chi connectivity index (χ2v) is 8.60. The van der Waals surface area contributed by atoms with E-state index in [1.807, 2.05) is 36.9 Å². The van der Waals surface area contributed by atoms with Crippen LogP contribution >= 0.6 is 0 Å². The topological polar surface area (TPSA) is 57.7 Å². The van der Waals surface area contributed by atoms with E-state index in [4.69, 9.17) is 0 Å². The lowest BCUT2D eigenvalue weighted by Gasteiger charge is -2.24. The molecular weight excluding hydrogens is 336 g/mol. The zero-order valence-electron chi connectivity index (χ0n) is 14.9. The summed E-state index contributed by atoms with van der Waals surface area (Å²) in [7, 11) is -1.83. The van der Waals surface area contributed by atoms with Gasteiger partial charge < -0.3 is 4.90 Å². The van der Waals surface area contributed by atoms with Gasteiger partial charge in [0.15, 0.2) is 0 Å². The molecule has 0 saturated heterocycles. The van der Waals surface area contributed by atoms with Crippen LogP contribution in [-0.4, -0.2) is 33.7 Å². The molecule has 0 aliphatic carbocycles. The van der Waals surface area contributed by atoms with Crippen LogP contribution < -0.4 is 9.21 Å². The Morgan fingerprint density at radius 1 is 1.20 bits per heavy atom. The summed E-state index contributed by atoms with van der Waals surface area (Å²) in [5.41, 5.74) is 4.02. The summed E-state index contributed by atoms with van der Waals surface area (Å²) in [6, 6.07) is 13.2. The standard InChI is InChI=1S/C19H22N2O3S/c1-13-11-16(9-10-17(13)20(3)25(4,23)24)19(22)21-14(2)12-15-7-5-6-8-18(15)21/h5-11,14H,12H2,1-4H3/t14-/m1/s1. The predicted octanol–water partition coefficient (Wildman–Crippen LogP) is 2.98. The average Bonchev–Trinajstić information content (AvgIpc) is 2.88. The molecule has 0 spiro atoms. The maximum atomic E-state index is 13.0. The quantitative estimate of drug-likeness (QED) is 0.847. The first-order chi connectivity index (χ1) is 11.7. The highest BCUT2D eigenvalue weighted by molar-refractivity contribution is 7.92. The summed E-state index contributed by atoms with van der Waals surface area (Å²) >= 11 is 0. The maximum Gasteiger partial charge on any atom is 0.258 e. The average molecular weight is 358 g/mol. The number of amides is 1. The lowest BCUT2D eigenvalue weighted by Crippen LogP contribution is -2.35. The summed E-state index contributed by atoms with van der Waals surface area (Å²) < 4.78 is 24.7. The fourth-order valence-electron chi connectivity index (χ4n) is 3.33. The Morgan fingerprint density at radius 3 is 2.52 bits per heavy atom. The molecular formula is C19H22N2O3S. The van der Waals surface area contributed by atoms with Crippen molar-refractivity contribution in [3.05, 3.63) is 59.2 Å². The zero-order chi connectivity index (χ0) is 18.4. The number of aryl methyl sites for hydroxylation is 1. The number of sulfonamides is 1. The highest BCUT2D eigenvalue weighted by atomic mass is 32.2. The van der Waals surface area contributed by atoms with Gasteiger partial charge in [0.2, 0.25) is 10.0 Å². The van der Waals surface area contributed by atoms with E-state index in [2.05, 4.69) is 6.07 Å². The lowest BCUT2D eigenvalue weighted by molar-refractivity contribution is 0.0981. The van der Waals surface area contributed by atoms with Gasteiger partial charge in [0, 0.05) is 24.3 Å². The van der Waals surface area contributed by atoms with Crippen LogP contribution in [0.3, 0.4) is 0 Å². The van der Waals surface area contributed by atoms with E-state index in [-0.39, 0.29) is 11.9 Å². The predicted molar refractivity (Wildman–Crippen MR) is 101 cm³/mol. The number of nitrogens with zero attached hydrogens (tertiary/aromatic N) is 2. The molecule has 2 aromatic rings. The number of carbonyl (C=O) groups is 1. The largest absolute Gasteiger partial charge is 0.305 e. The molecule has 1 aliphatic rings. The zero-order valence-corrected chi connectivity index (χ0v) is 15.7. The SMILES string of the molecule is Cc1cc(C(=O)N2c3ccccc3C[C@H]2C)ccc1N(C)S(C)(=O)=O. The van der Waals surface area contributed by atoms with Crippen molar-refractivity contribution in [2.45, 2.75) is 26.3 Å². The monoisotopic (exact) mass is 358 g/mol. The molecule has 25 heavy (non-hydrogen) atoms. The highest BCUT2D eigenvalue weighted by Crippen LogP contribution is 2.33. The first kappa shape index (κ1) is 17.5. The van der Waals surface area contributed by atoms with Gasteiger partial charge >= 0.3 is 0 Å². The summed E-state index contributed by atoms with van der Waals surface area (Å²) in [6.45, 7) is 3.85. The van der Waals surface area contributed by atoms with Crippen molar-refractivity contribution in [1.82, 2.24) is 0 Å². The van der Waals surface area contributed by atoms with Gasteiger partial charge in [-0.15, -0.1) is 0 Å². The molecule has 132 valence electrons. The highest BCUT2D eigenvalue weighted by Gasteiger charge is 2.31. The third-order valence-corrected chi connectivity index (χ3v) is 5.90. The van der Waals surface area contributed by atoms with Crippen molar-refractivity contribution in [1.29, 1.82) is 0 Å². The molecule has 1 atom stereocenters.